The van der Waals surface area contributed by atoms with Gasteiger partial charge in [0, 0.05) is 38.4 Å². The van der Waals surface area contributed by atoms with Gasteiger partial charge in [-0.25, -0.2) is 0 Å². The summed E-state index contributed by atoms with van der Waals surface area (Å²) in [6.45, 7) is 2.84. The summed E-state index contributed by atoms with van der Waals surface area (Å²) in [6, 6.07) is 0. The highest BCUT2D eigenvalue weighted by Gasteiger charge is 2.41. The summed E-state index contributed by atoms with van der Waals surface area (Å²) in [5.41, 5.74) is -0.951. The zero-order valence-electron chi connectivity index (χ0n) is 9.44. The molecule has 1 atom stereocenters. The van der Waals surface area contributed by atoms with Gasteiger partial charge in [0.05, 0.1) is 12.1 Å². The maximum Gasteiger partial charge on any atom is 0.232 e. The molecule has 1 N–H and O–H groups in total. The van der Waals surface area contributed by atoms with Gasteiger partial charge in [-0.2, -0.15) is 0 Å². The fourth-order valence-electron chi connectivity index (χ4n) is 2.22. The monoisotopic (exact) mass is 227 g/mol. The summed E-state index contributed by atoms with van der Waals surface area (Å²) in [5.74, 6) is -0.571. The molecule has 0 saturated carbocycles. The molecule has 0 aromatic carbocycles. The minimum Gasteiger partial charge on any atom is -0.388 e. The number of β-amino-alcohol motifs (C(OH)–C–C–N with tert-alkyl or cyclic N) is 1. The Bertz CT molecular complexity index is 309. The van der Waals surface area contributed by atoms with Crippen molar-refractivity contribution in [2.24, 2.45) is 5.92 Å². The van der Waals surface area contributed by atoms with Gasteiger partial charge in [0.15, 0.2) is 0 Å². The molecule has 1 unspecified atom stereocenters. The number of amides is 2. The van der Waals surface area contributed by atoms with E-state index in [-0.39, 0.29) is 30.7 Å². The quantitative estimate of drug-likeness (QED) is 0.670. The Morgan fingerprint density at radius 3 is 2.56 bits per heavy atom. The van der Waals surface area contributed by atoms with E-state index in [1.165, 1.54) is 4.90 Å². The predicted octanol–water partition coefficient (Wildman–Crippen LogP) is -0.0771. The molecular formula is C11H17NO4. The van der Waals surface area contributed by atoms with E-state index < -0.39 is 5.60 Å². The molecule has 0 aromatic heterocycles. The first kappa shape index (κ1) is 11.5. The van der Waals surface area contributed by atoms with Gasteiger partial charge in [-0.1, -0.05) is 6.92 Å². The topological polar surface area (TPSA) is 66.8 Å². The molecule has 16 heavy (non-hydrogen) atoms. The summed E-state index contributed by atoms with van der Waals surface area (Å²) in [4.78, 5) is 24.5. The Morgan fingerprint density at radius 1 is 1.44 bits per heavy atom. The SMILES string of the molecule is CC1CC(=O)N(CC2(O)CCOCC2)C1=O. The van der Waals surface area contributed by atoms with E-state index in [9.17, 15) is 14.7 Å². The smallest absolute Gasteiger partial charge is 0.232 e. The van der Waals surface area contributed by atoms with Crippen LogP contribution >= 0.6 is 0 Å². The highest BCUT2D eigenvalue weighted by molar-refractivity contribution is 6.03. The van der Waals surface area contributed by atoms with E-state index in [4.69, 9.17) is 4.74 Å². The Hall–Kier alpha value is -0.940. The number of ether oxygens (including phenoxy) is 1. The molecule has 2 fully saturated rings. The summed E-state index contributed by atoms with van der Waals surface area (Å²) < 4.78 is 5.16. The molecule has 2 heterocycles. The number of hydrogen-bond acceptors (Lipinski definition) is 4. The van der Waals surface area contributed by atoms with E-state index in [0.29, 0.717) is 26.1 Å². The number of rotatable bonds is 2. The van der Waals surface area contributed by atoms with Gasteiger partial charge in [-0.15, -0.1) is 0 Å². The highest BCUT2D eigenvalue weighted by Crippen LogP contribution is 2.26. The third-order valence-electron chi connectivity index (χ3n) is 3.35. The molecule has 90 valence electrons. The van der Waals surface area contributed by atoms with Gasteiger partial charge >= 0.3 is 0 Å². The van der Waals surface area contributed by atoms with Crippen molar-refractivity contribution in [2.75, 3.05) is 19.8 Å². The molecule has 0 aliphatic carbocycles. The van der Waals surface area contributed by atoms with Gasteiger partial charge < -0.3 is 9.84 Å². The average molecular weight is 227 g/mol. The van der Waals surface area contributed by atoms with Crippen LogP contribution in [0.1, 0.15) is 26.2 Å². The number of nitrogens with zero attached hydrogens (tertiary/aromatic N) is 1. The zero-order valence-corrected chi connectivity index (χ0v) is 9.44. The van der Waals surface area contributed by atoms with Crippen LogP contribution in [0, 0.1) is 5.92 Å². The largest absolute Gasteiger partial charge is 0.388 e. The van der Waals surface area contributed by atoms with E-state index >= 15 is 0 Å². The lowest BCUT2D eigenvalue weighted by molar-refractivity contribution is -0.147. The van der Waals surface area contributed by atoms with Gasteiger partial charge in [0.2, 0.25) is 11.8 Å². The lowest BCUT2D eigenvalue weighted by atomic mass is 9.94. The van der Waals surface area contributed by atoms with Crippen LogP contribution in [0.15, 0.2) is 0 Å². The summed E-state index contributed by atoms with van der Waals surface area (Å²) in [6.07, 6.45) is 1.24. The maximum atomic E-state index is 11.7. The van der Waals surface area contributed by atoms with E-state index in [1.54, 1.807) is 6.92 Å². The van der Waals surface area contributed by atoms with Crippen molar-refractivity contribution in [3.8, 4) is 0 Å². The Labute approximate surface area is 94.4 Å². The van der Waals surface area contributed by atoms with Crippen molar-refractivity contribution in [3.05, 3.63) is 0 Å². The fourth-order valence-corrected chi connectivity index (χ4v) is 2.22. The van der Waals surface area contributed by atoms with Crippen LogP contribution in [0.5, 0.6) is 0 Å². The van der Waals surface area contributed by atoms with E-state index in [2.05, 4.69) is 0 Å². The van der Waals surface area contributed by atoms with Crippen LogP contribution in [0.4, 0.5) is 0 Å². The van der Waals surface area contributed by atoms with Crippen LogP contribution < -0.4 is 0 Å². The van der Waals surface area contributed by atoms with Crippen molar-refractivity contribution < 1.29 is 19.4 Å². The highest BCUT2D eigenvalue weighted by atomic mass is 16.5. The molecule has 0 radical (unpaired) electrons. The number of imide groups is 1. The summed E-state index contributed by atoms with van der Waals surface area (Å²) in [7, 11) is 0. The second-order valence-corrected chi connectivity index (χ2v) is 4.76. The van der Waals surface area contributed by atoms with Crippen molar-refractivity contribution in [1.82, 2.24) is 4.90 Å². The Morgan fingerprint density at radius 2 is 2.06 bits per heavy atom. The third-order valence-corrected chi connectivity index (χ3v) is 3.35. The average Bonchev–Trinajstić information content (AvgIpc) is 2.46. The molecule has 5 heteroatoms. The Kier molecular flexibility index (Phi) is 2.99. The van der Waals surface area contributed by atoms with Gasteiger partial charge in [-0.05, 0) is 0 Å². The lowest BCUT2D eigenvalue weighted by Crippen LogP contribution is -2.48. The standard InChI is InChI=1S/C11H17NO4/c1-8-6-9(13)12(10(8)14)7-11(15)2-4-16-5-3-11/h8,15H,2-7H2,1H3. The first-order valence-electron chi connectivity index (χ1n) is 5.66. The van der Waals surface area contributed by atoms with Gasteiger partial charge in [0.1, 0.15) is 0 Å². The Balaban J connectivity index is 2.03. The summed E-state index contributed by atoms with van der Waals surface area (Å²) >= 11 is 0. The van der Waals surface area contributed by atoms with Crippen LogP contribution in [-0.4, -0.2) is 47.2 Å². The fraction of sp³-hybridized carbons (Fsp3) is 0.818. The zero-order chi connectivity index (χ0) is 11.8. The van der Waals surface area contributed by atoms with Crippen molar-refractivity contribution >= 4 is 11.8 Å². The number of carbonyl (C=O) groups excluding carboxylic acids is 2. The molecule has 0 spiro atoms. The summed E-state index contributed by atoms with van der Waals surface area (Å²) in [5, 5.41) is 10.2. The first-order valence-corrected chi connectivity index (χ1v) is 5.66. The second kappa shape index (κ2) is 4.14. The van der Waals surface area contributed by atoms with E-state index in [1.807, 2.05) is 0 Å². The molecule has 5 nitrogen and oxygen atoms in total. The van der Waals surface area contributed by atoms with Crippen LogP contribution in [-0.2, 0) is 14.3 Å². The van der Waals surface area contributed by atoms with E-state index in [0.717, 1.165) is 0 Å². The van der Waals surface area contributed by atoms with Crippen molar-refractivity contribution in [1.29, 1.82) is 0 Å². The minimum absolute atomic E-state index is 0.123. The number of aliphatic hydroxyl groups is 1. The molecule has 2 saturated heterocycles. The molecule has 2 amide bonds. The maximum absolute atomic E-state index is 11.7. The number of hydrogen-bond donors (Lipinski definition) is 1. The minimum atomic E-state index is -0.951. The van der Waals surface area contributed by atoms with Crippen molar-refractivity contribution in [2.45, 2.75) is 31.8 Å². The second-order valence-electron chi connectivity index (χ2n) is 4.76. The van der Waals surface area contributed by atoms with Crippen LogP contribution in [0.2, 0.25) is 0 Å². The molecule has 2 aliphatic rings. The van der Waals surface area contributed by atoms with Crippen LogP contribution in [0.3, 0.4) is 0 Å². The van der Waals surface area contributed by atoms with Gasteiger partial charge in [-0.3, -0.25) is 14.5 Å². The molecular weight excluding hydrogens is 210 g/mol. The van der Waals surface area contributed by atoms with Gasteiger partial charge in [0.25, 0.3) is 0 Å². The lowest BCUT2D eigenvalue weighted by Gasteiger charge is -2.34. The van der Waals surface area contributed by atoms with Crippen LogP contribution in [0.25, 0.3) is 0 Å². The molecule has 0 aromatic rings. The normalized spacial score (nSPS) is 29.9. The molecule has 0 bridgehead atoms. The molecule has 2 aliphatic heterocycles. The first-order chi connectivity index (χ1) is 7.52. The third kappa shape index (κ3) is 2.10. The number of likely N-dealkylation sites (tertiary alicyclic amines) is 1. The van der Waals surface area contributed by atoms with Crippen molar-refractivity contribution in [3.63, 3.8) is 0 Å². The molecule has 2 rings (SSSR count). The predicted molar refractivity (Wildman–Crippen MR) is 55.5 cm³/mol. The number of carbonyl (C=O) groups is 2.